The third-order valence-corrected chi connectivity index (χ3v) is 5.26. The number of hydrogen-bond acceptors (Lipinski definition) is 4. The van der Waals surface area contributed by atoms with Gasteiger partial charge in [-0.05, 0) is 65.9 Å². The fourth-order valence-corrected chi connectivity index (χ4v) is 3.67. The maximum Gasteiger partial charge on any atom is 0.408 e. The normalized spacial score (nSPS) is 13.4. The van der Waals surface area contributed by atoms with Gasteiger partial charge in [0.25, 0.3) is 0 Å². The van der Waals surface area contributed by atoms with Crippen LogP contribution in [0.4, 0.5) is 4.79 Å². The average molecular weight is 476 g/mol. The van der Waals surface area contributed by atoms with Crippen LogP contribution in [0.25, 0.3) is 0 Å². The molecule has 0 radical (unpaired) electrons. The van der Waals surface area contributed by atoms with Crippen molar-refractivity contribution in [2.75, 3.05) is 6.54 Å². The highest BCUT2D eigenvalue weighted by Crippen LogP contribution is 2.26. The van der Waals surface area contributed by atoms with E-state index in [9.17, 15) is 14.4 Å². The summed E-state index contributed by atoms with van der Waals surface area (Å²) >= 11 is 0. The van der Waals surface area contributed by atoms with Gasteiger partial charge in [0.15, 0.2) is 0 Å². The van der Waals surface area contributed by atoms with Crippen LogP contribution in [0.3, 0.4) is 0 Å². The van der Waals surface area contributed by atoms with Gasteiger partial charge in [-0.1, -0.05) is 57.0 Å². The minimum absolute atomic E-state index is 0.147. The first-order valence-electron chi connectivity index (χ1n) is 12.4. The molecule has 0 spiro atoms. The number of rotatable bonds is 11. The predicted octanol–water partition coefficient (Wildman–Crippen LogP) is 5.13. The second-order valence-corrected chi connectivity index (χ2v) is 10.6. The summed E-state index contributed by atoms with van der Waals surface area (Å²) in [4.78, 5) is 41.4. The Morgan fingerprint density at radius 3 is 2.09 bits per heavy atom. The highest BCUT2D eigenvalue weighted by molar-refractivity contribution is 5.92. The van der Waals surface area contributed by atoms with Crippen LogP contribution in [-0.2, 0) is 14.3 Å². The van der Waals surface area contributed by atoms with Gasteiger partial charge in [-0.3, -0.25) is 9.59 Å². The lowest BCUT2D eigenvalue weighted by atomic mass is 9.97. The zero-order valence-electron chi connectivity index (χ0n) is 22.5. The van der Waals surface area contributed by atoms with Crippen LogP contribution < -0.4 is 10.6 Å². The summed E-state index contributed by atoms with van der Waals surface area (Å²) in [7, 11) is 0. The Morgan fingerprint density at radius 1 is 1.03 bits per heavy atom. The number of carbonyl (C=O) groups excluding carboxylic acids is 3. The summed E-state index contributed by atoms with van der Waals surface area (Å²) in [6.45, 7) is 17.7. The number of nitrogens with one attached hydrogen (secondary N) is 2. The van der Waals surface area contributed by atoms with Gasteiger partial charge < -0.3 is 20.3 Å². The summed E-state index contributed by atoms with van der Waals surface area (Å²) in [5.74, 6) is -0.375. The first-order valence-corrected chi connectivity index (χ1v) is 12.4. The Hall–Kier alpha value is -2.57. The topological polar surface area (TPSA) is 87.7 Å². The van der Waals surface area contributed by atoms with Gasteiger partial charge in [0.1, 0.15) is 17.7 Å². The first-order chi connectivity index (χ1) is 15.8. The molecule has 0 saturated heterocycles. The second-order valence-electron chi connectivity index (χ2n) is 10.6. The highest BCUT2D eigenvalue weighted by Gasteiger charge is 2.37. The Labute approximate surface area is 206 Å². The van der Waals surface area contributed by atoms with Crippen LogP contribution in [0.2, 0.25) is 0 Å². The maximum absolute atomic E-state index is 13.9. The van der Waals surface area contributed by atoms with E-state index in [-0.39, 0.29) is 23.8 Å². The van der Waals surface area contributed by atoms with Gasteiger partial charge in [-0.15, -0.1) is 0 Å². The zero-order valence-corrected chi connectivity index (χ0v) is 22.5. The minimum Gasteiger partial charge on any atom is -0.444 e. The smallest absolute Gasteiger partial charge is 0.408 e. The molecule has 3 amide bonds. The van der Waals surface area contributed by atoms with Crippen LogP contribution >= 0.6 is 0 Å². The molecule has 7 nitrogen and oxygen atoms in total. The molecule has 0 aliphatic carbocycles. The molecular weight excluding hydrogens is 430 g/mol. The molecular formula is C27H45N3O4. The number of ether oxygens (including phenoxy) is 1. The SMILES string of the molecule is CCCCNC(=O)C(c1ccc(C)cc1)N(C(=O)C(CC(C)C)NC(=O)OC(C)(C)C)C(C)C. The van der Waals surface area contributed by atoms with Crippen LogP contribution in [0, 0.1) is 12.8 Å². The Kier molecular flexibility index (Phi) is 11.6. The van der Waals surface area contributed by atoms with E-state index in [1.54, 1.807) is 25.7 Å². The second kappa shape index (κ2) is 13.4. The number of carbonyl (C=O) groups is 3. The van der Waals surface area contributed by atoms with Crippen molar-refractivity contribution >= 4 is 17.9 Å². The van der Waals surface area contributed by atoms with Crippen molar-refractivity contribution in [3.05, 3.63) is 35.4 Å². The van der Waals surface area contributed by atoms with E-state index in [1.165, 1.54) is 0 Å². The molecule has 1 aromatic rings. The van der Waals surface area contributed by atoms with Gasteiger partial charge >= 0.3 is 6.09 Å². The first kappa shape index (κ1) is 29.5. The molecule has 2 N–H and O–H groups in total. The van der Waals surface area contributed by atoms with E-state index >= 15 is 0 Å². The number of aryl methyl sites for hydroxylation is 1. The van der Waals surface area contributed by atoms with E-state index < -0.39 is 23.8 Å². The average Bonchev–Trinajstić information content (AvgIpc) is 2.70. The predicted molar refractivity (Wildman–Crippen MR) is 136 cm³/mol. The van der Waals surface area contributed by atoms with Crippen molar-refractivity contribution < 1.29 is 19.1 Å². The summed E-state index contributed by atoms with van der Waals surface area (Å²) in [5.41, 5.74) is 1.12. The lowest BCUT2D eigenvalue weighted by molar-refractivity contribution is -0.144. The lowest BCUT2D eigenvalue weighted by Gasteiger charge is -2.37. The molecule has 0 heterocycles. The summed E-state index contributed by atoms with van der Waals surface area (Å²) in [6.07, 6.45) is 1.60. The quantitative estimate of drug-likeness (QED) is 0.434. The van der Waals surface area contributed by atoms with Crippen LogP contribution in [0.5, 0.6) is 0 Å². The van der Waals surface area contributed by atoms with E-state index in [1.807, 2.05) is 58.9 Å². The van der Waals surface area contributed by atoms with Crippen molar-refractivity contribution in [2.24, 2.45) is 5.92 Å². The van der Waals surface area contributed by atoms with E-state index in [0.717, 1.165) is 24.0 Å². The maximum atomic E-state index is 13.9. The molecule has 34 heavy (non-hydrogen) atoms. The van der Waals surface area contributed by atoms with Crippen molar-refractivity contribution in [3.63, 3.8) is 0 Å². The molecule has 0 bridgehead atoms. The van der Waals surface area contributed by atoms with Crippen molar-refractivity contribution in [1.29, 1.82) is 0 Å². The molecule has 0 aliphatic rings. The summed E-state index contributed by atoms with van der Waals surface area (Å²) < 4.78 is 5.41. The Morgan fingerprint density at radius 2 is 1.62 bits per heavy atom. The van der Waals surface area contributed by atoms with Crippen molar-refractivity contribution in [2.45, 2.75) is 105 Å². The van der Waals surface area contributed by atoms with Gasteiger partial charge in [0, 0.05) is 12.6 Å². The zero-order chi connectivity index (χ0) is 26.1. The summed E-state index contributed by atoms with van der Waals surface area (Å²) in [5, 5.41) is 5.76. The molecule has 0 fully saturated rings. The van der Waals surface area contributed by atoms with E-state index in [2.05, 4.69) is 17.6 Å². The highest BCUT2D eigenvalue weighted by atomic mass is 16.6. The van der Waals surface area contributed by atoms with Crippen molar-refractivity contribution in [3.8, 4) is 0 Å². The number of benzene rings is 1. The minimum atomic E-state index is -0.811. The van der Waals surface area contributed by atoms with E-state index in [4.69, 9.17) is 4.74 Å². The lowest BCUT2D eigenvalue weighted by Crippen LogP contribution is -2.55. The number of amides is 3. The fraction of sp³-hybridized carbons (Fsp3) is 0.667. The molecule has 1 aromatic carbocycles. The number of unbranched alkanes of at least 4 members (excludes halogenated alkanes) is 1. The number of nitrogens with zero attached hydrogens (tertiary/aromatic N) is 1. The largest absolute Gasteiger partial charge is 0.444 e. The molecule has 192 valence electrons. The molecule has 0 aliphatic heterocycles. The van der Waals surface area contributed by atoms with Gasteiger partial charge in [0.2, 0.25) is 11.8 Å². The standard InChI is InChI=1S/C27H45N3O4/c1-10-11-16-28-24(31)23(21-14-12-20(6)13-15-21)30(19(4)5)25(32)22(17-18(2)3)29-26(33)34-27(7,8)9/h12-15,18-19,22-23H,10-11,16-17H2,1-9H3,(H,28,31)(H,29,33). The number of alkyl carbamates (subject to hydrolysis) is 1. The van der Waals surface area contributed by atoms with Gasteiger partial charge in [-0.25, -0.2) is 4.79 Å². The Bertz CT molecular complexity index is 797. The van der Waals surface area contributed by atoms with Crippen LogP contribution in [0.15, 0.2) is 24.3 Å². The van der Waals surface area contributed by atoms with Crippen LogP contribution in [-0.4, -0.2) is 47.0 Å². The molecule has 1 rings (SSSR count). The molecule has 0 saturated carbocycles. The van der Waals surface area contributed by atoms with Crippen LogP contribution in [0.1, 0.15) is 91.8 Å². The molecule has 2 atom stereocenters. The van der Waals surface area contributed by atoms with Gasteiger partial charge in [-0.2, -0.15) is 0 Å². The third-order valence-electron chi connectivity index (χ3n) is 5.26. The third kappa shape index (κ3) is 9.74. The summed E-state index contributed by atoms with van der Waals surface area (Å²) in [6, 6.07) is 5.77. The molecule has 0 aromatic heterocycles. The molecule has 7 heteroatoms. The van der Waals surface area contributed by atoms with Crippen molar-refractivity contribution in [1.82, 2.24) is 15.5 Å². The van der Waals surface area contributed by atoms with E-state index in [0.29, 0.717) is 13.0 Å². The fourth-order valence-electron chi connectivity index (χ4n) is 3.67. The molecule has 2 unspecified atom stereocenters. The number of hydrogen-bond donors (Lipinski definition) is 2. The Balaban J connectivity index is 3.38. The van der Waals surface area contributed by atoms with Gasteiger partial charge in [0.05, 0.1) is 0 Å². The monoisotopic (exact) mass is 475 g/mol.